The molecule has 0 radical (unpaired) electrons. The topological polar surface area (TPSA) is 90.2 Å². The molecule has 0 heterocycles. The Morgan fingerprint density at radius 1 is 0.800 bits per heavy atom. The molecule has 5 nitrogen and oxygen atoms in total. The van der Waals surface area contributed by atoms with Gasteiger partial charge in [-0.3, -0.25) is 0 Å². The summed E-state index contributed by atoms with van der Waals surface area (Å²) in [4.78, 5) is 0. The largest absolute Gasteiger partial charge is 0.508 e. The maximum Gasteiger partial charge on any atom is 0.309 e. The van der Waals surface area contributed by atoms with E-state index in [0.29, 0.717) is 24.0 Å². The first-order chi connectivity index (χ1) is 13.8. The van der Waals surface area contributed by atoms with Gasteiger partial charge in [-0.15, -0.1) is 0 Å². The molecule has 3 rings (SSSR count). The van der Waals surface area contributed by atoms with Gasteiger partial charge in [0.05, 0.1) is 16.8 Å². The van der Waals surface area contributed by atoms with Gasteiger partial charge in [0.25, 0.3) is 0 Å². The van der Waals surface area contributed by atoms with Crippen molar-refractivity contribution in [2.45, 2.75) is 38.9 Å². The third-order valence-electron chi connectivity index (χ3n) is 6.24. The highest BCUT2D eigenvalue weighted by atomic mass is 16.5. The molecule has 0 saturated heterocycles. The second-order valence-electron chi connectivity index (χ2n) is 8.93. The van der Waals surface area contributed by atoms with Gasteiger partial charge < -0.3 is 25.1 Å². The standard InChI is InChI=1S/C22H27B3O5/c1-21(2,29)22(3,4)30-25-14-8-7-11-9-13(6-5-12(11)10-14)15-18(26)16(23)17(24)20(28)19(15)27/h5-10,25-29H,23-24H2,1-4H3. The summed E-state index contributed by atoms with van der Waals surface area (Å²) in [6.07, 6.45) is 0. The summed E-state index contributed by atoms with van der Waals surface area (Å²) in [7, 11) is 3.72. The van der Waals surface area contributed by atoms with Gasteiger partial charge in [-0.05, 0) is 61.0 Å². The lowest BCUT2D eigenvalue weighted by atomic mass is 9.77. The molecule has 30 heavy (non-hydrogen) atoms. The highest BCUT2D eigenvalue weighted by Crippen LogP contribution is 2.41. The van der Waals surface area contributed by atoms with Gasteiger partial charge in [0.1, 0.15) is 21.4 Å². The summed E-state index contributed by atoms with van der Waals surface area (Å²) in [6, 6.07) is 11.5. The molecule has 0 aliphatic heterocycles. The molecule has 0 unspecified atom stereocenters. The second kappa shape index (κ2) is 7.60. The van der Waals surface area contributed by atoms with Gasteiger partial charge in [0.15, 0.2) is 11.5 Å². The molecular weight excluding hydrogens is 377 g/mol. The molecule has 0 aliphatic carbocycles. The number of aromatic hydroxyl groups is 3. The summed E-state index contributed by atoms with van der Waals surface area (Å²) < 4.78 is 5.95. The van der Waals surface area contributed by atoms with Gasteiger partial charge in [-0.1, -0.05) is 35.8 Å². The second-order valence-corrected chi connectivity index (χ2v) is 8.93. The molecule has 0 aromatic heterocycles. The molecule has 0 amide bonds. The van der Waals surface area contributed by atoms with Crippen LogP contribution in [0.5, 0.6) is 17.2 Å². The minimum Gasteiger partial charge on any atom is -0.508 e. The fraction of sp³-hybridized carbons (Fsp3) is 0.273. The van der Waals surface area contributed by atoms with Crippen LogP contribution in [0.4, 0.5) is 0 Å². The molecule has 154 valence electrons. The predicted octanol–water partition coefficient (Wildman–Crippen LogP) is -0.317. The van der Waals surface area contributed by atoms with Crippen molar-refractivity contribution in [3.05, 3.63) is 36.4 Å². The number of phenols is 3. The van der Waals surface area contributed by atoms with E-state index in [9.17, 15) is 20.4 Å². The molecular formula is C22H27B3O5. The molecule has 4 N–H and O–H groups in total. The van der Waals surface area contributed by atoms with Crippen LogP contribution in [0.3, 0.4) is 0 Å². The molecule has 0 bridgehead atoms. The summed E-state index contributed by atoms with van der Waals surface area (Å²) in [5, 5.41) is 43.3. The highest BCUT2D eigenvalue weighted by molar-refractivity contribution is 6.51. The van der Waals surface area contributed by atoms with Crippen LogP contribution in [-0.2, 0) is 4.65 Å². The number of aliphatic hydroxyl groups is 1. The maximum atomic E-state index is 10.6. The number of hydrogen-bond acceptors (Lipinski definition) is 5. The molecule has 8 heteroatoms. The summed E-state index contributed by atoms with van der Waals surface area (Å²) in [6.45, 7) is 7.17. The summed E-state index contributed by atoms with van der Waals surface area (Å²) in [5.41, 5.74) is 1.12. The third kappa shape index (κ3) is 3.90. The maximum absolute atomic E-state index is 10.6. The Labute approximate surface area is 179 Å². The van der Waals surface area contributed by atoms with Crippen LogP contribution >= 0.6 is 0 Å². The zero-order valence-corrected chi connectivity index (χ0v) is 18.4. The van der Waals surface area contributed by atoms with E-state index in [1.165, 1.54) is 0 Å². The van der Waals surface area contributed by atoms with Crippen molar-refractivity contribution in [2.75, 3.05) is 0 Å². The van der Waals surface area contributed by atoms with Gasteiger partial charge >= 0.3 is 7.48 Å². The SMILES string of the molecule is Bc1c(B)c(O)c(-c2ccc3cc(BOC(C)(C)C(C)(C)O)ccc3c2)c(O)c1O. The Morgan fingerprint density at radius 3 is 2.00 bits per heavy atom. The number of hydrogen-bond donors (Lipinski definition) is 4. The van der Waals surface area contributed by atoms with Crippen molar-refractivity contribution in [1.29, 1.82) is 0 Å². The van der Waals surface area contributed by atoms with Crippen LogP contribution in [0.1, 0.15) is 27.7 Å². The molecule has 3 aromatic rings. The van der Waals surface area contributed by atoms with Gasteiger partial charge in [-0.2, -0.15) is 0 Å². The van der Waals surface area contributed by atoms with Crippen molar-refractivity contribution in [3.63, 3.8) is 0 Å². The van der Waals surface area contributed by atoms with Crippen molar-refractivity contribution in [3.8, 4) is 28.4 Å². The molecule has 0 fully saturated rings. The van der Waals surface area contributed by atoms with E-state index in [2.05, 4.69) is 0 Å². The smallest absolute Gasteiger partial charge is 0.309 e. The minimum absolute atomic E-state index is 0.0407. The average Bonchev–Trinajstić information content (AvgIpc) is 2.68. The van der Waals surface area contributed by atoms with E-state index in [1.807, 2.05) is 44.2 Å². The summed E-state index contributed by atoms with van der Waals surface area (Å²) in [5.74, 6) is -0.586. The molecule has 3 aromatic carbocycles. The number of rotatable bonds is 5. The Hall–Kier alpha value is -2.57. The fourth-order valence-electron chi connectivity index (χ4n) is 3.21. The van der Waals surface area contributed by atoms with E-state index in [-0.39, 0.29) is 22.8 Å². The first-order valence-electron chi connectivity index (χ1n) is 9.97. The fourth-order valence-corrected chi connectivity index (χ4v) is 3.21. The van der Waals surface area contributed by atoms with Crippen LogP contribution in [0, 0.1) is 0 Å². The summed E-state index contributed by atoms with van der Waals surface area (Å²) >= 11 is 0. The first-order valence-corrected chi connectivity index (χ1v) is 9.97. The Kier molecular flexibility index (Phi) is 5.61. The average molecular weight is 404 g/mol. The van der Waals surface area contributed by atoms with Gasteiger partial charge in [0, 0.05) is 0 Å². The van der Waals surface area contributed by atoms with E-state index in [1.54, 1.807) is 35.6 Å². The van der Waals surface area contributed by atoms with Crippen LogP contribution in [0.25, 0.3) is 21.9 Å². The van der Waals surface area contributed by atoms with Crippen LogP contribution in [0.15, 0.2) is 36.4 Å². The van der Waals surface area contributed by atoms with E-state index < -0.39 is 11.2 Å². The number of fused-ring (bicyclic) bond motifs is 1. The quantitative estimate of drug-likeness (QED) is 0.266. The predicted molar refractivity (Wildman–Crippen MR) is 129 cm³/mol. The van der Waals surface area contributed by atoms with Crippen LogP contribution < -0.4 is 16.4 Å². The van der Waals surface area contributed by atoms with E-state index in [4.69, 9.17) is 4.65 Å². The zero-order chi connectivity index (χ0) is 22.4. The lowest BCUT2D eigenvalue weighted by Gasteiger charge is -2.37. The normalized spacial score (nSPS) is 12.3. The third-order valence-corrected chi connectivity index (χ3v) is 6.24. The van der Waals surface area contributed by atoms with Crippen molar-refractivity contribution >= 4 is 50.3 Å². The minimum atomic E-state index is -0.972. The molecule has 0 atom stereocenters. The lowest BCUT2D eigenvalue weighted by molar-refractivity contribution is -0.0893. The van der Waals surface area contributed by atoms with Crippen molar-refractivity contribution in [2.24, 2.45) is 0 Å². The van der Waals surface area contributed by atoms with Crippen molar-refractivity contribution in [1.82, 2.24) is 0 Å². The van der Waals surface area contributed by atoms with Gasteiger partial charge in [0.2, 0.25) is 0 Å². The van der Waals surface area contributed by atoms with Crippen LogP contribution in [0.2, 0.25) is 0 Å². The highest BCUT2D eigenvalue weighted by Gasteiger charge is 2.35. The lowest BCUT2D eigenvalue weighted by Crippen LogP contribution is -2.49. The number of benzene rings is 3. The zero-order valence-electron chi connectivity index (χ0n) is 18.4. The van der Waals surface area contributed by atoms with Crippen molar-refractivity contribution < 1.29 is 25.1 Å². The van der Waals surface area contributed by atoms with Crippen LogP contribution in [-0.4, -0.2) is 54.8 Å². The molecule has 0 saturated carbocycles. The Bertz CT molecular complexity index is 1090. The Balaban J connectivity index is 1.96. The monoisotopic (exact) mass is 404 g/mol. The molecule has 0 spiro atoms. The first kappa shape index (κ1) is 22.1. The van der Waals surface area contributed by atoms with E-state index >= 15 is 0 Å². The number of phenolic OH excluding ortho intramolecular Hbond substituents is 3. The molecule has 0 aliphatic rings. The van der Waals surface area contributed by atoms with Gasteiger partial charge in [-0.25, -0.2) is 0 Å². The van der Waals surface area contributed by atoms with E-state index in [0.717, 1.165) is 16.2 Å². The Morgan fingerprint density at radius 2 is 1.37 bits per heavy atom.